The minimum atomic E-state index is -4.95. The van der Waals surface area contributed by atoms with Gasteiger partial charge in [0.25, 0.3) is 20.2 Å². The van der Waals surface area contributed by atoms with Crippen molar-refractivity contribution in [3.63, 3.8) is 0 Å². The van der Waals surface area contributed by atoms with Crippen LogP contribution in [0.4, 0.5) is 0 Å². The first-order chi connectivity index (χ1) is 16.0. The lowest BCUT2D eigenvalue weighted by atomic mass is 9.91. The molecule has 0 aliphatic heterocycles. The maximum absolute atomic E-state index is 12.4. The third kappa shape index (κ3) is 4.39. The summed E-state index contributed by atoms with van der Waals surface area (Å²) in [6.07, 6.45) is 0. The van der Waals surface area contributed by atoms with Gasteiger partial charge in [-0.3, -0.25) is 13.9 Å². The number of hydrogen-bond acceptors (Lipinski definition) is 7. The first kappa shape index (κ1) is 25.4. The van der Waals surface area contributed by atoms with Gasteiger partial charge in [0, 0.05) is 37.7 Å². The van der Waals surface area contributed by atoms with Crippen molar-refractivity contribution in [2.75, 3.05) is 6.61 Å². The molecule has 35 heavy (non-hydrogen) atoms. The summed E-state index contributed by atoms with van der Waals surface area (Å²) in [5.74, 6) is -0.218. The minimum absolute atomic E-state index is 0.00190. The number of rotatable bonds is 6. The quantitative estimate of drug-likeness (QED) is 0.186. The first-order valence-corrected chi connectivity index (χ1v) is 14.0. The molecule has 0 amide bonds. The van der Waals surface area contributed by atoms with Gasteiger partial charge in [-0.2, -0.15) is 16.8 Å². The summed E-state index contributed by atoms with van der Waals surface area (Å²) in [5.41, 5.74) is -0.721. The van der Waals surface area contributed by atoms with Crippen LogP contribution in [-0.2, 0) is 36.1 Å². The predicted molar refractivity (Wildman–Crippen MR) is 129 cm³/mol. The van der Waals surface area contributed by atoms with E-state index in [0.717, 1.165) is 0 Å². The molecular weight excluding hydrogens is 520 g/mol. The number of ether oxygens (including phenoxy) is 1. The zero-order valence-corrected chi connectivity index (χ0v) is 21.0. The van der Waals surface area contributed by atoms with Crippen molar-refractivity contribution < 1.29 is 44.2 Å². The van der Waals surface area contributed by atoms with Gasteiger partial charge in [0.2, 0.25) is 0 Å². The normalized spacial score (nSPS) is 14.1. The van der Waals surface area contributed by atoms with Crippen LogP contribution in [0.15, 0.2) is 51.1 Å². The molecule has 4 aromatic carbocycles. The summed E-state index contributed by atoms with van der Waals surface area (Å²) in [6.45, 7) is 4.73. The van der Waals surface area contributed by atoms with Crippen LogP contribution in [0.25, 0.3) is 32.3 Å². The second kappa shape index (κ2) is 8.18. The highest BCUT2D eigenvalue weighted by Gasteiger charge is 2.28. The predicted octanol–water partition coefficient (Wildman–Crippen LogP) is 3.65. The molecule has 3 N–H and O–H groups in total. The molecule has 0 fully saturated rings. The zero-order chi connectivity index (χ0) is 26.1. The summed E-state index contributed by atoms with van der Waals surface area (Å²) >= 11 is -2.55. The van der Waals surface area contributed by atoms with Crippen LogP contribution >= 0.6 is 0 Å². The van der Waals surface area contributed by atoms with Crippen LogP contribution in [-0.4, -0.2) is 47.1 Å². The molecule has 0 bridgehead atoms. The fraction of sp³-hybridized carbons (Fsp3) is 0.227. The Morgan fingerprint density at radius 3 is 1.77 bits per heavy atom. The van der Waals surface area contributed by atoms with E-state index in [1.54, 1.807) is 20.8 Å². The number of Topliss-reactive ketones (excluding diaryl/α,β-unsaturated/α-hetero) is 1. The Balaban J connectivity index is 2.20. The van der Waals surface area contributed by atoms with Crippen molar-refractivity contribution in [3.05, 3.63) is 36.4 Å². The molecule has 4 rings (SSSR count). The van der Waals surface area contributed by atoms with Crippen molar-refractivity contribution in [1.29, 1.82) is 0 Å². The van der Waals surface area contributed by atoms with E-state index in [-0.39, 0.29) is 50.0 Å². The number of benzene rings is 4. The number of ketones is 1. The lowest BCUT2D eigenvalue weighted by Crippen LogP contribution is -2.26. The van der Waals surface area contributed by atoms with Gasteiger partial charge in [0.15, 0.2) is 16.9 Å². The van der Waals surface area contributed by atoms with Crippen LogP contribution in [0.2, 0.25) is 0 Å². The fourth-order valence-electron chi connectivity index (χ4n) is 3.92. The molecule has 0 aromatic heterocycles. The molecule has 13 heteroatoms. The Hall–Kier alpha value is -2.68. The highest BCUT2D eigenvalue weighted by Crippen LogP contribution is 2.44. The first-order valence-electron chi connectivity index (χ1n) is 10.0. The molecule has 0 saturated heterocycles. The Morgan fingerprint density at radius 2 is 1.31 bits per heavy atom. The molecule has 0 spiro atoms. The monoisotopic (exact) mass is 540 g/mol. The van der Waals surface area contributed by atoms with Crippen molar-refractivity contribution >= 4 is 69.4 Å². The van der Waals surface area contributed by atoms with Crippen LogP contribution in [0, 0.1) is 5.41 Å². The minimum Gasteiger partial charge on any atom is -0.485 e. The van der Waals surface area contributed by atoms with Gasteiger partial charge >= 0.3 is 0 Å². The lowest BCUT2D eigenvalue weighted by Gasteiger charge is -2.20. The Labute approximate surface area is 203 Å². The molecule has 4 aromatic rings. The Morgan fingerprint density at radius 1 is 0.857 bits per heavy atom. The lowest BCUT2D eigenvalue weighted by molar-refractivity contribution is -0.128. The molecule has 186 valence electrons. The average Bonchev–Trinajstić information content (AvgIpc) is 2.72. The Kier molecular flexibility index (Phi) is 5.94. The van der Waals surface area contributed by atoms with Crippen LogP contribution in [0.3, 0.4) is 0 Å². The van der Waals surface area contributed by atoms with E-state index in [1.165, 1.54) is 30.3 Å². The molecule has 10 nitrogen and oxygen atoms in total. The molecule has 0 aliphatic rings. The van der Waals surface area contributed by atoms with Gasteiger partial charge < -0.3 is 9.29 Å². The summed E-state index contributed by atoms with van der Waals surface area (Å²) in [4.78, 5) is 10.7. The molecule has 0 radical (unpaired) electrons. The highest BCUT2D eigenvalue weighted by molar-refractivity contribution is 7.87. The van der Waals surface area contributed by atoms with E-state index >= 15 is 0 Å². The van der Waals surface area contributed by atoms with Crippen molar-refractivity contribution in [2.24, 2.45) is 5.41 Å². The zero-order valence-electron chi connectivity index (χ0n) is 18.6. The van der Waals surface area contributed by atoms with Gasteiger partial charge in [-0.15, -0.1) is 0 Å². The number of carbonyl (C=O) groups excluding carboxylic acids is 1. The number of hydrogen-bond donors (Lipinski definition) is 3. The second-order valence-corrected chi connectivity index (χ2v) is 12.7. The van der Waals surface area contributed by atoms with Gasteiger partial charge in [0.1, 0.15) is 22.1 Å². The van der Waals surface area contributed by atoms with E-state index < -0.39 is 46.5 Å². The van der Waals surface area contributed by atoms with Crippen LogP contribution in [0.5, 0.6) is 5.75 Å². The van der Waals surface area contributed by atoms with Crippen molar-refractivity contribution in [1.82, 2.24) is 0 Å². The van der Waals surface area contributed by atoms with Crippen LogP contribution in [0.1, 0.15) is 20.8 Å². The molecule has 1 unspecified atom stereocenters. The second-order valence-electron chi connectivity index (χ2n) is 8.98. The van der Waals surface area contributed by atoms with Crippen LogP contribution < -0.4 is 4.74 Å². The van der Waals surface area contributed by atoms with Gasteiger partial charge in [-0.1, -0.05) is 39.0 Å². The smallest absolute Gasteiger partial charge is 0.295 e. The highest BCUT2D eigenvalue weighted by atomic mass is 32.2. The summed E-state index contributed by atoms with van der Waals surface area (Å²) in [6, 6.07) is 7.31. The SMILES string of the molecule is CC(C)(C)C(=O)COc1cc(S(=O)O)c2ccc3c(S(=O)(=O)O)cc(S(=O)(=O)O)c4ccc1c2c43. The van der Waals surface area contributed by atoms with E-state index in [9.17, 15) is 39.5 Å². The van der Waals surface area contributed by atoms with Crippen molar-refractivity contribution in [3.8, 4) is 5.75 Å². The third-order valence-electron chi connectivity index (χ3n) is 5.69. The van der Waals surface area contributed by atoms with Gasteiger partial charge in [-0.05, 0) is 18.2 Å². The third-order valence-corrected chi connectivity index (χ3v) is 8.19. The van der Waals surface area contributed by atoms with Gasteiger partial charge in [-0.25, -0.2) is 4.21 Å². The van der Waals surface area contributed by atoms with E-state index in [1.807, 2.05) is 0 Å². The molecule has 0 heterocycles. The Bertz CT molecular complexity index is 1710. The van der Waals surface area contributed by atoms with E-state index in [4.69, 9.17) is 4.74 Å². The maximum atomic E-state index is 12.4. The average molecular weight is 541 g/mol. The standard InChI is InChI=1S/C22H20O10S3/c1-22(2,3)19(23)10-32-15-8-16(33(24)25)12-5-7-14-18(35(29,30)31)9-17(34(26,27)28)13-6-4-11(15)20(12)21(13)14/h4-9H,10H2,1-3H3,(H,24,25)(H,26,27,28)(H,29,30,31). The maximum Gasteiger partial charge on any atom is 0.295 e. The van der Waals surface area contributed by atoms with E-state index in [2.05, 4.69) is 0 Å². The molecule has 1 atom stereocenters. The molecular formula is C22H20O10S3. The summed E-state index contributed by atoms with van der Waals surface area (Å²) in [5, 5.41) is 0.483. The summed E-state index contributed by atoms with van der Waals surface area (Å²) in [7, 11) is -9.89. The largest absolute Gasteiger partial charge is 0.485 e. The van der Waals surface area contributed by atoms with Crippen molar-refractivity contribution in [2.45, 2.75) is 35.5 Å². The topological polar surface area (TPSA) is 172 Å². The number of carbonyl (C=O) groups is 1. The molecule has 0 aliphatic carbocycles. The van der Waals surface area contributed by atoms with E-state index in [0.29, 0.717) is 11.5 Å². The molecule has 0 saturated carbocycles. The van der Waals surface area contributed by atoms with Gasteiger partial charge in [0.05, 0.1) is 4.90 Å². The fourth-order valence-corrected chi connectivity index (χ4v) is 5.99. The summed E-state index contributed by atoms with van der Waals surface area (Å²) < 4.78 is 95.8.